The Morgan fingerprint density at radius 2 is 1.82 bits per heavy atom. The van der Waals surface area contributed by atoms with Crippen LogP contribution in [-0.4, -0.2) is 39.6 Å². The number of fused-ring (bicyclic) bond motifs is 1. The van der Waals surface area contributed by atoms with Crippen molar-refractivity contribution in [2.75, 3.05) is 18.4 Å². The largest absolute Gasteiger partial charge is 0.328 e. The number of nitrogens with zero attached hydrogens (tertiary/aromatic N) is 3. The van der Waals surface area contributed by atoms with Crippen LogP contribution in [0, 0.1) is 17.5 Å². The lowest BCUT2D eigenvalue weighted by molar-refractivity contribution is -0.116. The Bertz CT molecular complexity index is 1190. The number of carbonyl (C=O) groups is 2. The van der Waals surface area contributed by atoms with Gasteiger partial charge in [0.15, 0.2) is 23.1 Å². The Hall–Kier alpha value is -3.62. The molecule has 0 fully saturated rings. The highest BCUT2D eigenvalue weighted by molar-refractivity contribution is 5.99. The van der Waals surface area contributed by atoms with Crippen molar-refractivity contribution in [3.05, 3.63) is 76.9 Å². The van der Waals surface area contributed by atoms with Crippen LogP contribution in [0.3, 0.4) is 0 Å². The number of hydrogen-bond acceptors (Lipinski definition) is 3. The van der Waals surface area contributed by atoms with Crippen LogP contribution in [0.15, 0.2) is 42.5 Å². The zero-order valence-electron chi connectivity index (χ0n) is 18.1. The molecular weight excluding hydrogens is 433 g/mol. The highest BCUT2D eigenvalue weighted by atomic mass is 19.2. The predicted molar refractivity (Wildman–Crippen MR) is 117 cm³/mol. The quantitative estimate of drug-likeness (QED) is 0.540. The number of amides is 2. The molecule has 0 saturated carbocycles. The van der Waals surface area contributed by atoms with Crippen LogP contribution in [0.25, 0.3) is 5.69 Å². The van der Waals surface area contributed by atoms with E-state index in [1.807, 2.05) is 37.3 Å². The maximum Gasteiger partial charge on any atom is 0.275 e. The second-order valence-electron chi connectivity index (χ2n) is 7.87. The Morgan fingerprint density at radius 1 is 1.06 bits per heavy atom. The molecular formula is C24H23F3N4O2. The number of halogens is 3. The van der Waals surface area contributed by atoms with Gasteiger partial charge < -0.3 is 10.2 Å². The van der Waals surface area contributed by atoms with E-state index in [4.69, 9.17) is 0 Å². The minimum absolute atomic E-state index is 0.277. The van der Waals surface area contributed by atoms with Gasteiger partial charge in [-0.3, -0.25) is 9.59 Å². The van der Waals surface area contributed by atoms with Crippen LogP contribution < -0.4 is 5.32 Å². The highest BCUT2D eigenvalue weighted by Crippen LogP contribution is 2.28. The number of benzene rings is 2. The molecule has 2 aromatic carbocycles. The van der Waals surface area contributed by atoms with E-state index in [9.17, 15) is 22.8 Å². The van der Waals surface area contributed by atoms with Gasteiger partial charge in [-0.15, -0.1) is 0 Å². The van der Waals surface area contributed by atoms with E-state index < -0.39 is 35.0 Å². The maximum atomic E-state index is 13.9. The summed E-state index contributed by atoms with van der Waals surface area (Å²) in [6.07, 6.45) is 3.01. The Balaban J connectivity index is 1.57. The van der Waals surface area contributed by atoms with Crippen LogP contribution in [0.4, 0.5) is 18.9 Å². The predicted octanol–water partition coefficient (Wildman–Crippen LogP) is 4.27. The molecule has 3 aromatic rings. The van der Waals surface area contributed by atoms with Crippen LogP contribution in [0.1, 0.15) is 41.5 Å². The van der Waals surface area contributed by atoms with Crippen molar-refractivity contribution in [3.63, 3.8) is 0 Å². The van der Waals surface area contributed by atoms with Gasteiger partial charge in [-0.05, 0) is 49.9 Å². The second kappa shape index (κ2) is 9.48. The van der Waals surface area contributed by atoms with E-state index in [0.717, 1.165) is 48.3 Å². The average molecular weight is 456 g/mol. The Labute approximate surface area is 189 Å². The van der Waals surface area contributed by atoms with Gasteiger partial charge in [0.2, 0.25) is 5.91 Å². The third-order valence-corrected chi connectivity index (χ3v) is 5.56. The van der Waals surface area contributed by atoms with Crippen LogP contribution in [-0.2, 0) is 17.6 Å². The fraction of sp³-hybridized carbons (Fsp3) is 0.292. The minimum Gasteiger partial charge on any atom is -0.328 e. The second-order valence-corrected chi connectivity index (χ2v) is 7.87. The molecule has 1 aliphatic carbocycles. The summed E-state index contributed by atoms with van der Waals surface area (Å²) in [6, 6.07) is 11.2. The third-order valence-electron chi connectivity index (χ3n) is 5.56. The van der Waals surface area contributed by atoms with Gasteiger partial charge in [-0.25, -0.2) is 17.9 Å². The normalized spacial score (nSPS) is 12.5. The summed E-state index contributed by atoms with van der Waals surface area (Å²) in [5.41, 5.74) is 2.51. The molecule has 1 aromatic heterocycles. The first-order valence-corrected chi connectivity index (χ1v) is 10.8. The van der Waals surface area contributed by atoms with Crippen molar-refractivity contribution in [2.24, 2.45) is 0 Å². The van der Waals surface area contributed by atoms with Gasteiger partial charge >= 0.3 is 0 Å². The van der Waals surface area contributed by atoms with Gasteiger partial charge in [0.05, 0.1) is 11.4 Å². The molecule has 33 heavy (non-hydrogen) atoms. The van der Waals surface area contributed by atoms with Gasteiger partial charge in [0, 0.05) is 17.8 Å². The zero-order valence-corrected chi connectivity index (χ0v) is 18.1. The van der Waals surface area contributed by atoms with Crippen molar-refractivity contribution in [1.82, 2.24) is 14.7 Å². The number of hydrogen-bond donors (Lipinski definition) is 1. The number of anilines is 1. The fourth-order valence-electron chi connectivity index (χ4n) is 4.05. The smallest absolute Gasteiger partial charge is 0.275 e. The molecule has 0 bridgehead atoms. The van der Waals surface area contributed by atoms with E-state index in [1.165, 1.54) is 4.90 Å². The monoisotopic (exact) mass is 456 g/mol. The number of aromatic nitrogens is 2. The molecule has 6 nitrogen and oxygen atoms in total. The molecule has 0 radical (unpaired) electrons. The molecule has 1 heterocycles. The lowest BCUT2D eigenvalue weighted by Crippen LogP contribution is -2.39. The average Bonchev–Trinajstić information content (AvgIpc) is 3.42. The lowest BCUT2D eigenvalue weighted by atomic mass is 10.1. The molecule has 0 spiro atoms. The summed E-state index contributed by atoms with van der Waals surface area (Å²) < 4.78 is 42.3. The molecule has 2 amide bonds. The molecule has 0 atom stereocenters. The summed E-state index contributed by atoms with van der Waals surface area (Å²) in [7, 11) is 0. The van der Waals surface area contributed by atoms with E-state index >= 15 is 0 Å². The lowest BCUT2D eigenvalue weighted by Gasteiger charge is -2.21. The summed E-state index contributed by atoms with van der Waals surface area (Å²) in [5.74, 6) is -5.63. The van der Waals surface area contributed by atoms with Gasteiger partial charge in [-0.1, -0.05) is 25.1 Å². The van der Waals surface area contributed by atoms with E-state index in [0.29, 0.717) is 12.1 Å². The summed E-state index contributed by atoms with van der Waals surface area (Å²) in [4.78, 5) is 27.2. The van der Waals surface area contributed by atoms with Crippen molar-refractivity contribution >= 4 is 17.5 Å². The SMILES string of the molecule is CCCN(CC(=O)Nc1ccc(F)c(F)c1F)C(=O)c1nn(-c2ccccc2)c2c1CCC2. The van der Waals surface area contributed by atoms with Crippen molar-refractivity contribution in [1.29, 1.82) is 0 Å². The number of para-hydroxylation sites is 1. The summed E-state index contributed by atoms with van der Waals surface area (Å²) in [6.45, 7) is 1.76. The maximum absolute atomic E-state index is 13.9. The fourth-order valence-corrected chi connectivity index (χ4v) is 4.05. The van der Waals surface area contributed by atoms with Crippen LogP contribution in [0.2, 0.25) is 0 Å². The summed E-state index contributed by atoms with van der Waals surface area (Å²) in [5, 5.41) is 6.79. The topological polar surface area (TPSA) is 67.2 Å². The first kappa shape index (κ1) is 22.6. The van der Waals surface area contributed by atoms with Crippen molar-refractivity contribution in [3.8, 4) is 5.69 Å². The zero-order chi connectivity index (χ0) is 23.5. The minimum atomic E-state index is -1.67. The Morgan fingerprint density at radius 3 is 2.55 bits per heavy atom. The highest BCUT2D eigenvalue weighted by Gasteiger charge is 2.30. The van der Waals surface area contributed by atoms with Gasteiger partial charge in [-0.2, -0.15) is 5.10 Å². The molecule has 1 N–H and O–H groups in total. The number of rotatable bonds is 7. The van der Waals surface area contributed by atoms with E-state index in [-0.39, 0.29) is 13.1 Å². The standard InChI is InChI=1S/C24H23F3N4O2/c1-2-13-30(14-20(32)28-18-12-11-17(25)21(26)22(18)27)24(33)23-16-9-6-10-19(16)31(29-23)15-7-4-3-5-8-15/h3-5,7-8,11-12H,2,6,9-10,13-14H2,1H3,(H,28,32). The molecule has 9 heteroatoms. The molecule has 172 valence electrons. The third kappa shape index (κ3) is 4.48. The van der Waals surface area contributed by atoms with Crippen LogP contribution in [0.5, 0.6) is 0 Å². The molecule has 0 aliphatic heterocycles. The Kier molecular flexibility index (Phi) is 6.48. The summed E-state index contributed by atoms with van der Waals surface area (Å²) >= 11 is 0. The van der Waals surface area contributed by atoms with E-state index in [1.54, 1.807) is 4.68 Å². The van der Waals surface area contributed by atoms with Gasteiger partial charge in [0.1, 0.15) is 6.54 Å². The molecule has 0 saturated heterocycles. The first-order valence-electron chi connectivity index (χ1n) is 10.8. The number of carbonyl (C=O) groups excluding carboxylic acids is 2. The van der Waals surface area contributed by atoms with E-state index in [2.05, 4.69) is 10.4 Å². The molecule has 1 aliphatic rings. The number of nitrogens with one attached hydrogen (secondary N) is 1. The molecule has 0 unspecified atom stereocenters. The van der Waals surface area contributed by atoms with Crippen LogP contribution >= 0.6 is 0 Å². The van der Waals surface area contributed by atoms with Gasteiger partial charge in [0.25, 0.3) is 5.91 Å². The first-order chi connectivity index (χ1) is 15.9. The molecule has 4 rings (SSSR count). The van der Waals surface area contributed by atoms with Crippen molar-refractivity contribution < 1.29 is 22.8 Å². The van der Waals surface area contributed by atoms with Crippen molar-refractivity contribution in [2.45, 2.75) is 32.6 Å².